The molecule has 0 saturated heterocycles. The van der Waals surface area contributed by atoms with Crippen LogP contribution in [0.4, 0.5) is 15.8 Å². The molecular weight excluding hydrogens is 616 g/mol. The molecule has 0 spiro atoms. The van der Waals surface area contributed by atoms with Gasteiger partial charge < -0.3 is 24.4 Å². The van der Waals surface area contributed by atoms with Crippen molar-refractivity contribution in [3.05, 3.63) is 89.4 Å². The third-order valence-corrected chi connectivity index (χ3v) is 7.49. The summed E-state index contributed by atoms with van der Waals surface area (Å²) in [4.78, 5) is 38.9. The number of hydrogen-bond donors (Lipinski definition) is 2. The number of carbonyl (C=O) groups excluding carboxylic acids is 1. The Balaban J connectivity index is 1.73. The zero-order chi connectivity index (χ0) is 27.8. The highest BCUT2D eigenvalue weighted by atomic mass is 127. The molecular formula is C29H27FIN3O5. The largest absolute Gasteiger partial charge is 0.421 e. The average molecular weight is 643 g/mol. The molecule has 1 amide bonds. The van der Waals surface area contributed by atoms with Gasteiger partial charge in [-0.15, -0.1) is 0 Å². The molecule has 1 aliphatic rings. The summed E-state index contributed by atoms with van der Waals surface area (Å²) in [5.74, 6) is -0.743. The molecule has 4 aromatic rings. The summed E-state index contributed by atoms with van der Waals surface area (Å²) in [5, 5.41) is 6.02. The fourth-order valence-electron chi connectivity index (χ4n) is 4.77. The number of carbonyl (C=O) groups is 1. The highest BCUT2D eigenvalue weighted by molar-refractivity contribution is 14.1. The number of amides is 1. The molecule has 2 aromatic heterocycles. The maximum Gasteiger partial charge on any atom is 0.341 e. The van der Waals surface area contributed by atoms with E-state index in [1.165, 1.54) is 13.2 Å². The zero-order valence-corrected chi connectivity index (χ0v) is 23.8. The van der Waals surface area contributed by atoms with Gasteiger partial charge in [0.05, 0.1) is 16.9 Å². The summed E-state index contributed by atoms with van der Waals surface area (Å²) in [7, 11) is 1.45. The van der Waals surface area contributed by atoms with Gasteiger partial charge in [-0.25, -0.2) is 9.18 Å². The fourth-order valence-corrected chi connectivity index (χ4v) is 5.23. The Labute approximate surface area is 237 Å². The smallest absolute Gasteiger partial charge is 0.341 e. The molecule has 1 fully saturated rings. The number of ether oxygens (including phenoxy) is 1. The van der Waals surface area contributed by atoms with E-state index < -0.39 is 11.4 Å². The molecule has 0 aliphatic heterocycles. The van der Waals surface area contributed by atoms with Crippen LogP contribution >= 0.6 is 22.6 Å². The summed E-state index contributed by atoms with van der Waals surface area (Å²) in [5.41, 5.74) is 2.61. The van der Waals surface area contributed by atoms with Crippen molar-refractivity contribution in [1.82, 2.24) is 9.88 Å². The molecule has 1 saturated carbocycles. The van der Waals surface area contributed by atoms with Gasteiger partial charge in [-0.3, -0.25) is 9.59 Å². The topological polar surface area (TPSA) is 103 Å². The van der Waals surface area contributed by atoms with Crippen LogP contribution in [-0.4, -0.2) is 24.2 Å². The van der Waals surface area contributed by atoms with E-state index in [2.05, 4.69) is 10.6 Å². The monoisotopic (exact) mass is 643 g/mol. The molecule has 10 heteroatoms. The third-order valence-electron chi connectivity index (χ3n) is 6.82. The molecule has 5 rings (SSSR count). The van der Waals surface area contributed by atoms with Crippen LogP contribution in [0.15, 0.2) is 56.5 Å². The van der Waals surface area contributed by atoms with Gasteiger partial charge in [0.15, 0.2) is 5.58 Å². The summed E-state index contributed by atoms with van der Waals surface area (Å²) in [6.45, 7) is 3.63. The molecule has 202 valence electrons. The van der Waals surface area contributed by atoms with E-state index in [9.17, 15) is 18.8 Å². The number of aromatic nitrogens is 1. The van der Waals surface area contributed by atoms with E-state index in [4.69, 9.17) is 9.15 Å². The van der Waals surface area contributed by atoms with Gasteiger partial charge in [-0.05, 0) is 84.7 Å². The van der Waals surface area contributed by atoms with Crippen LogP contribution in [0.5, 0.6) is 0 Å². The van der Waals surface area contributed by atoms with Gasteiger partial charge >= 0.3 is 5.63 Å². The second kappa shape index (κ2) is 10.9. The number of methoxy groups -OCH3 is 1. The molecule has 2 aromatic carbocycles. The van der Waals surface area contributed by atoms with E-state index in [0.717, 1.165) is 27.5 Å². The minimum atomic E-state index is -0.622. The number of anilines is 2. The minimum absolute atomic E-state index is 0.0345. The lowest BCUT2D eigenvalue weighted by atomic mass is 9.98. The van der Waals surface area contributed by atoms with Crippen molar-refractivity contribution in [2.45, 2.75) is 39.3 Å². The van der Waals surface area contributed by atoms with E-state index in [-0.39, 0.29) is 58.6 Å². The lowest BCUT2D eigenvalue weighted by Gasteiger charge is -2.19. The van der Waals surface area contributed by atoms with Gasteiger partial charge in [0, 0.05) is 34.5 Å². The predicted molar refractivity (Wildman–Crippen MR) is 156 cm³/mol. The van der Waals surface area contributed by atoms with E-state index >= 15 is 0 Å². The van der Waals surface area contributed by atoms with Crippen LogP contribution in [0.2, 0.25) is 0 Å². The number of fused-ring (bicyclic) bond motifs is 1. The molecule has 0 atom stereocenters. The Morgan fingerprint density at radius 2 is 1.95 bits per heavy atom. The number of rotatable bonds is 8. The standard InChI is InChI=1S/C29H27FIN3O5/c1-15-26(33-22-10-7-19(31)12-21(22)30)25-27(39-29(15)37)24(16(2)34(28(25)36)20-8-9-20)18-6-4-5-17(11-18)13-32-23(35)14-38-3/h4-7,10-12,20,33H,8-9,13-14H2,1-3H3,(H,32,35). The SMILES string of the molecule is COCC(=O)NCc1cccc(-c2c(C)n(C3CC3)c(=O)c3c(Nc4ccc(I)cc4F)c(C)c(=O)oc23)c1. The molecule has 39 heavy (non-hydrogen) atoms. The van der Waals surface area contributed by atoms with Crippen LogP contribution in [0.3, 0.4) is 0 Å². The molecule has 0 bridgehead atoms. The Morgan fingerprint density at radius 3 is 2.64 bits per heavy atom. The number of halogens is 2. The fraction of sp³-hybridized carbons (Fsp3) is 0.276. The summed E-state index contributed by atoms with van der Waals surface area (Å²) in [6, 6.07) is 12.2. The van der Waals surface area contributed by atoms with E-state index in [0.29, 0.717) is 11.3 Å². The van der Waals surface area contributed by atoms with Crippen LogP contribution in [-0.2, 0) is 16.1 Å². The van der Waals surface area contributed by atoms with Crippen LogP contribution in [0.1, 0.15) is 35.7 Å². The van der Waals surface area contributed by atoms with Crippen molar-refractivity contribution in [2.24, 2.45) is 0 Å². The number of nitrogens with zero attached hydrogens (tertiary/aromatic N) is 1. The Kier molecular flexibility index (Phi) is 7.59. The van der Waals surface area contributed by atoms with Crippen molar-refractivity contribution in [3.8, 4) is 11.1 Å². The van der Waals surface area contributed by atoms with Crippen molar-refractivity contribution < 1.29 is 18.3 Å². The second-order valence-corrected chi connectivity index (χ2v) is 10.9. The maximum absolute atomic E-state index is 14.8. The Hall–Kier alpha value is -3.51. The molecule has 2 heterocycles. The van der Waals surface area contributed by atoms with Crippen molar-refractivity contribution in [3.63, 3.8) is 0 Å². The molecule has 0 radical (unpaired) electrons. The number of hydrogen-bond acceptors (Lipinski definition) is 6. The summed E-state index contributed by atoms with van der Waals surface area (Å²) >= 11 is 2.02. The van der Waals surface area contributed by atoms with Crippen LogP contribution < -0.4 is 21.8 Å². The van der Waals surface area contributed by atoms with Gasteiger partial charge in [0.25, 0.3) is 5.56 Å². The third kappa shape index (κ3) is 5.35. The van der Waals surface area contributed by atoms with Gasteiger partial charge in [0.1, 0.15) is 17.8 Å². The average Bonchev–Trinajstić information content (AvgIpc) is 3.72. The first-order chi connectivity index (χ1) is 18.7. The van der Waals surface area contributed by atoms with Crippen molar-refractivity contribution in [1.29, 1.82) is 0 Å². The number of pyridine rings is 1. The first kappa shape index (κ1) is 27.1. The van der Waals surface area contributed by atoms with Gasteiger partial charge in [-0.1, -0.05) is 18.2 Å². The molecule has 0 unspecified atom stereocenters. The minimum Gasteiger partial charge on any atom is -0.421 e. The highest BCUT2D eigenvalue weighted by Crippen LogP contribution is 2.41. The number of nitrogens with one attached hydrogen (secondary N) is 2. The Morgan fingerprint density at radius 1 is 1.18 bits per heavy atom. The second-order valence-electron chi connectivity index (χ2n) is 9.62. The first-order valence-electron chi connectivity index (χ1n) is 12.5. The van der Waals surface area contributed by atoms with Crippen LogP contribution in [0.25, 0.3) is 22.1 Å². The molecule has 8 nitrogen and oxygen atoms in total. The van der Waals surface area contributed by atoms with Gasteiger partial charge in [0.2, 0.25) is 5.91 Å². The number of benzene rings is 2. The Bertz CT molecular complexity index is 1730. The highest BCUT2D eigenvalue weighted by Gasteiger charge is 2.31. The lowest BCUT2D eigenvalue weighted by molar-refractivity contribution is -0.124. The summed E-state index contributed by atoms with van der Waals surface area (Å²) in [6.07, 6.45) is 1.73. The van der Waals surface area contributed by atoms with E-state index in [1.54, 1.807) is 23.6 Å². The van der Waals surface area contributed by atoms with Crippen LogP contribution in [0, 0.1) is 23.2 Å². The molecule has 2 N–H and O–H groups in total. The maximum atomic E-state index is 14.8. The zero-order valence-electron chi connectivity index (χ0n) is 21.7. The molecule has 1 aliphatic carbocycles. The van der Waals surface area contributed by atoms with Crippen molar-refractivity contribution >= 4 is 50.8 Å². The predicted octanol–water partition coefficient (Wildman–Crippen LogP) is 5.32. The van der Waals surface area contributed by atoms with Gasteiger partial charge in [-0.2, -0.15) is 0 Å². The quantitative estimate of drug-likeness (QED) is 0.252. The van der Waals surface area contributed by atoms with E-state index in [1.807, 2.05) is 53.8 Å². The normalized spacial score (nSPS) is 13.1. The van der Waals surface area contributed by atoms with Crippen molar-refractivity contribution in [2.75, 3.05) is 19.0 Å². The summed E-state index contributed by atoms with van der Waals surface area (Å²) < 4.78 is 28.0. The first-order valence-corrected chi connectivity index (χ1v) is 13.6. The lowest BCUT2D eigenvalue weighted by Crippen LogP contribution is -2.26.